The highest BCUT2D eigenvalue weighted by Gasteiger charge is 2.18. The lowest BCUT2D eigenvalue weighted by Crippen LogP contribution is -2.44. The number of likely N-dealkylation sites (N-methyl/N-ethyl adjacent to an activating group) is 1. The van der Waals surface area contributed by atoms with Crippen molar-refractivity contribution in [3.8, 4) is 0 Å². The van der Waals surface area contributed by atoms with Gasteiger partial charge in [0, 0.05) is 32.0 Å². The molecule has 0 radical (unpaired) electrons. The second kappa shape index (κ2) is 5.88. The van der Waals surface area contributed by atoms with Crippen molar-refractivity contribution in [2.75, 3.05) is 25.0 Å². The van der Waals surface area contributed by atoms with Crippen LogP contribution in [0.25, 0.3) is 0 Å². The molecule has 1 atom stereocenters. The average Bonchev–Trinajstić information content (AvgIpc) is 2.30. The Morgan fingerprint density at radius 2 is 2.13 bits per heavy atom. The highest BCUT2D eigenvalue weighted by molar-refractivity contribution is 5.85. The number of hydrogen-bond acceptors (Lipinski definition) is 4. The van der Waals surface area contributed by atoms with Gasteiger partial charge in [-0.05, 0) is 25.5 Å². The molecule has 1 fully saturated rings. The Balaban J connectivity index is 0.00000112. The Kier molecular flexibility index (Phi) is 4.78. The maximum absolute atomic E-state index is 4.24. The molecule has 1 aliphatic rings. The van der Waals surface area contributed by atoms with Crippen LogP contribution >= 0.6 is 12.4 Å². The number of nitrogens with zero attached hydrogens (tertiary/aromatic N) is 3. The van der Waals surface area contributed by atoms with Crippen LogP contribution in [0, 0.1) is 0 Å². The zero-order chi connectivity index (χ0) is 9.80. The van der Waals surface area contributed by atoms with Gasteiger partial charge in [0.25, 0.3) is 0 Å². The van der Waals surface area contributed by atoms with Gasteiger partial charge in [0.05, 0.1) is 0 Å². The molecule has 1 N–H and O–H groups in total. The SMILES string of the molecule is CN(c1ncccn1)C1CCCNC1.Cl. The summed E-state index contributed by atoms with van der Waals surface area (Å²) in [5, 5.41) is 3.39. The van der Waals surface area contributed by atoms with Crippen LogP contribution in [0.5, 0.6) is 0 Å². The normalized spacial score (nSPS) is 20.5. The van der Waals surface area contributed by atoms with E-state index in [-0.39, 0.29) is 12.4 Å². The lowest BCUT2D eigenvalue weighted by Gasteiger charge is -2.31. The summed E-state index contributed by atoms with van der Waals surface area (Å²) >= 11 is 0. The van der Waals surface area contributed by atoms with Gasteiger partial charge in [-0.1, -0.05) is 0 Å². The lowest BCUT2D eigenvalue weighted by molar-refractivity contribution is 0.441. The largest absolute Gasteiger partial charge is 0.340 e. The maximum Gasteiger partial charge on any atom is 0.225 e. The van der Waals surface area contributed by atoms with E-state index in [9.17, 15) is 0 Å². The Morgan fingerprint density at radius 1 is 1.40 bits per heavy atom. The summed E-state index contributed by atoms with van der Waals surface area (Å²) in [6.07, 6.45) is 6.04. The first-order valence-electron chi connectivity index (χ1n) is 5.08. The molecular weight excluding hydrogens is 212 g/mol. The van der Waals surface area contributed by atoms with Crippen molar-refractivity contribution in [2.24, 2.45) is 0 Å². The third-order valence-electron chi connectivity index (χ3n) is 2.69. The molecular formula is C10H17ClN4. The van der Waals surface area contributed by atoms with Gasteiger partial charge >= 0.3 is 0 Å². The van der Waals surface area contributed by atoms with E-state index in [1.807, 2.05) is 6.07 Å². The topological polar surface area (TPSA) is 41.1 Å². The summed E-state index contributed by atoms with van der Waals surface area (Å²) in [5.41, 5.74) is 0. The molecule has 0 spiro atoms. The van der Waals surface area contributed by atoms with E-state index in [1.54, 1.807) is 12.4 Å². The molecule has 0 amide bonds. The molecule has 1 aliphatic heterocycles. The maximum atomic E-state index is 4.24. The van der Waals surface area contributed by atoms with E-state index in [2.05, 4.69) is 27.2 Å². The summed E-state index contributed by atoms with van der Waals surface area (Å²) < 4.78 is 0. The Bertz CT molecular complexity index is 274. The van der Waals surface area contributed by atoms with E-state index in [0.29, 0.717) is 6.04 Å². The second-order valence-electron chi connectivity index (χ2n) is 3.66. The van der Waals surface area contributed by atoms with E-state index in [0.717, 1.165) is 19.0 Å². The smallest absolute Gasteiger partial charge is 0.225 e. The van der Waals surface area contributed by atoms with Crippen molar-refractivity contribution in [3.63, 3.8) is 0 Å². The van der Waals surface area contributed by atoms with E-state index in [1.165, 1.54) is 12.8 Å². The Labute approximate surface area is 96.5 Å². The molecule has 0 bridgehead atoms. The summed E-state index contributed by atoms with van der Waals surface area (Å²) in [6, 6.07) is 2.38. The third kappa shape index (κ3) is 3.04. The fourth-order valence-corrected chi connectivity index (χ4v) is 1.80. The van der Waals surface area contributed by atoms with Gasteiger partial charge in [-0.2, -0.15) is 0 Å². The summed E-state index contributed by atoms with van der Waals surface area (Å²) in [4.78, 5) is 10.6. The molecule has 0 aliphatic carbocycles. The monoisotopic (exact) mass is 228 g/mol. The molecule has 5 heteroatoms. The number of nitrogens with one attached hydrogen (secondary N) is 1. The predicted molar refractivity (Wildman–Crippen MR) is 63.6 cm³/mol. The number of piperidine rings is 1. The van der Waals surface area contributed by atoms with Crippen LogP contribution in [0.1, 0.15) is 12.8 Å². The van der Waals surface area contributed by atoms with E-state index >= 15 is 0 Å². The van der Waals surface area contributed by atoms with Gasteiger partial charge in [0.15, 0.2) is 0 Å². The average molecular weight is 229 g/mol. The molecule has 1 unspecified atom stereocenters. The fraction of sp³-hybridized carbons (Fsp3) is 0.600. The molecule has 1 aromatic rings. The van der Waals surface area contributed by atoms with E-state index in [4.69, 9.17) is 0 Å². The van der Waals surface area contributed by atoms with Crippen LogP contribution in [-0.4, -0.2) is 36.1 Å². The minimum atomic E-state index is 0. The second-order valence-corrected chi connectivity index (χ2v) is 3.66. The molecule has 4 nitrogen and oxygen atoms in total. The van der Waals surface area contributed by atoms with Gasteiger partial charge < -0.3 is 10.2 Å². The number of halogens is 1. The van der Waals surface area contributed by atoms with Gasteiger partial charge in [-0.25, -0.2) is 9.97 Å². The van der Waals surface area contributed by atoms with Crippen LogP contribution < -0.4 is 10.2 Å². The van der Waals surface area contributed by atoms with Crippen LogP contribution in [-0.2, 0) is 0 Å². The summed E-state index contributed by atoms with van der Waals surface area (Å²) in [5.74, 6) is 0.821. The summed E-state index contributed by atoms with van der Waals surface area (Å²) in [7, 11) is 2.06. The zero-order valence-corrected chi connectivity index (χ0v) is 9.70. The van der Waals surface area contributed by atoms with Crippen LogP contribution in [0.15, 0.2) is 18.5 Å². The Morgan fingerprint density at radius 3 is 2.73 bits per heavy atom. The number of anilines is 1. The molecule has 0 saturated carbocycles. The zero-order valence-electron chi connectivity index (χ0n) is 8.89. The number of aromatic nitrogens is 2. The fourth-order valence-electron chi connectivity index (χ4n) is 1.80. The highest BCUT2D eigenvalue weighted by atomic mass is 35.5. The standard InChI is InChI=1S/C10H16N4.ClH/c1-14(9-4-2-5-11-8-9)10-12-6-3-7-13-10;/h3,6-7,9,11H,2,4-5,8H2,1H3;1H. The van der Waals surface area contributed by atoms with Crippen molar-refractivity contribution >= 4 is 18.4 Å². The molecule has 2 heterocycles. The lowest BCUT2D eigenvalue weighted by atomic mass is 10.1. The minimum Gasteiger partial charge on any atom is -0.340 e. The predicted octanol–water partition coefficient (Wildman–Crippen LogP) is 1.09. The first-order valence-corrected chi connectivity index (χ1v) is 5.08. The number of rotatable bonds is 2. The molecule has 1 aromatic heterocycles. The Hall–Kier alpha value is -0.870. The van der Waals surface area contributed by atoms with Crippen LogP contribution in [0.2, 0.25) is 0 Å². The van der Waals surface area contributed by atoms with Gasteiger partial charge in [-0.15, -0.1) is 12.4 Å². The third-order valence-corrected chi connectivity index (χ3v) is 2.69. The van der Waals surface area contributed by atoms with Crippen molar-refractivity contribution in [1.82, 2.24) is 15.3 Å². The molecule has 0 aromatic carbocycles. The van der Waals surface area contributed by atoms with Crippen molar-refractivity contribution in [1.29, 1.82) is 0 Å². The van der Waals surface area contributed by atoms with Crippen molar-refractivity contribution in [2.45, 2.75) is 18.9 Å². The molecule has 2 rings (SSSR count). The van der Waals surface area contributed by atoms with Crippen LogP contribution in [0.3, 0.4) is 0 Å². The van der Waals surface area contributed by atoms with E-state index < -0.39 is 0 Å². The number of hydrogen-bond donors (Lipinski definition) is 1. The van der Waals surface area contributed by atoms with Gasteiger partial charge in [0.1, 0.15) is 0 Å². The van der Waals surface area contributed by atoms with Gasteiger partial charge in [0.2, 0.25) is 5.95 Å². The minimum absolute atomic E-state index is 0. The molecule has 15 heavy (non-hydrogen) atoms. The van der Waals surface area contributed by atoms with Gasteiger partial charge in [-0.3, -0.25) is 0 Å². The first kappa shape index (κ1) is 12.2. The van der Waals surface area contributed by atoms with Crippen molar-refractivity contribution in [3.05, 3.63) is 18.5 Å². The summed E-state index contributed by atoms with van der Waals surface area (Å²) in [6.45, 7) is 2.18. The van der Waals surface area contributed by atoms with Crippen LogP contribution in [0.4, 0.5) is 5.95 Å². The van der Waals surface area contributed by atoms with Crippen molar-refractivity contribution < 1.29 is 0 Å². The molecule has 84 valence electrons. The quantitative estimate of drug-likeness (QED) is 0.823. The highest BCUT2D eigenvalue weighted by Crippen LogP contribution is 2.13. The molecule has 1 saturated heterocycles. The first-order chi connectivity index (χ1) is 6.88.